The van der Waals surface area contributed by atoms with Gasteiger partial charge in [0.15, 0.2) is 5.17 Å². The Balaban J connectivity index is 1.91. The van der Waals surface area contributed by atoms with Crippen molar-refractivity contribution in [1.29, 1.82) is 0 Å². The predicted octanol–water partition coefficient (Wildman–Crippen LogP) is 3.76. The number of nitrogens with zero attached hydrogens (tertiary/aromatic N) is 1. The van der Waals surface area contributed by atoms with Crippen LogP contribution in [0.3, 0.4) is 0 Å². The first kappa shape index (κ1) is 15.3. The molecule has 0 atom stereocenters. The molecule has 1 fully saturated rings. The summed E-state index contributed by atoms with van der Waals surface area (Å²) in [7, 11) is 0. The largest absolute Gasteiger partial charge is 0.359 e. The molecule has 20 heavy (non-hydrogen) atoms. The molecule has 1 saturated heterocycles. The third-order valence-electron chi connectivity index (χ3n) is 3.79. The maximum atomic E-state index is 13.1. The van der Waals surface area contributed by atoms with Gasteiger partial charge in [-0.05, 0) is 37.0 Å². The number of amidine groups is 1. The predicted molar refractivity (Wildman–Crippen MR) is 81.3 cm³/mol. The highest BCUT2D eigenvalue weighted by molar-refractivity contribution is 8.14. The Morgan fingerprint density at radius 2 is 1.85 bits per heavy atom. The highest BCUT2D eigenvalue weighted by Crippen LogP contribution is 2.28. The van der Waals surface area contributed by atoms with Gasteiger partial charge in [0, 0.05) is 23.9 Å². The lowest BCUT2D eigenvalue weighted by molar-refractivity contribution is 0.407. The van der Waals surface area contributed by atoms with Crippen LogP contribution in [0, 0.1) is 11.6 Å². The smallest absolute Gasteiger partial charge is 0.157 e. The van der Waals surface area contributed by atoms with Crippen molar-refractivity contribution in [2.24, 2.45) is 4.99 Å². The minimum Gasteiger partial charge on any atom is -0.359 e. The Morgan fingerprint density at radius 1 is 1.20 bits per heavy atom. The number of nitrogens with one attached hydrogen (secondary N) is 1. The first-order chi connectivity index (χ1) is 9.57. The normalized spacial score (nSPS) is 19.3. The summed E-state index contributed by atoms with van der Waals surface area (Å²) in [5, 5.41) is 4.43. The van der Waals surface area contributed by atoms with Crippen molar-refractivity contribution in [2.45, 2.75) is 38.6 Å². The Kier molecular flexibility index (Phi) is 5.02. The molecule has 0 spiro atoms. The van der Waals surface area contributed by atoms with Crippen molar-refractivity contribution in [3.05, 3.63) is 35.4 Å². The molecule has 110 valence electrons. The molecule has 1 aromatic rings. The van der Waals surface area contributed by atoms with E-state index in [0.717, 1.165) is 29.8 Å². The fourth-order valence-electron chi connectivity index (χ4n) is 2.26. The van der Waals surface area contributed by atoms with Crippen LogP contribution in [0.2, 0.25) is 0 Å². The van der Waals surface area contributed by atoms with Crippen molar-refractivity contribution in [1.82, 2.24) is 5.32 Å². The van der Waals surface area contributed by atoms with E-state index in [1.807, 2.05) is 0 Å². The van der Waals surface area contributed by atoms with Gasteiger partial charge in [0.1, 0.15) is 11.6 Å². The fraction of sp³-hybridized carbons (Fsp3) is 0.533. The average Bonchev–Trinajstić information content (AvgIpc) is 2.82. The molecule has 1 heterocycles. The fourth-order valence-corrected chi connectivity index (χ4v) is 3.63. The van der Waals surface area contributed by atoms with Crippen molar-refractivity contribution in [2.75, 3.05) is 12.3 Å². The lowest BCUT2D eigenvalue weighted by Gasteiger charge is -2.25. The van der Waals surface area contributed by atoms with Gasteiger partial charge in [0.05, 0.1) is 0 Å². The van der Waals surface area contributed by atoms with Gasteiger partial charge >= 0.3 is 0 Å². The van der Waals surface area contributed by atoms with Crippen LogP contribution >= 0.6 is 11.8 Å². The van der Waals surface area contributed by atoms with Gasteiger partial charge in [-0.3, -0.25) is 4.99 Å². The van der Waals surface area contributed by atoms with Gasteiger partial charge in [-0.25, -0.2) is 8.78 Å². The number of thioether (sulfide) groups is 1. The molecule has 0 radical (unpaired) electrons. The van der Waals surface area contributed by atoms with E-state index in [9.17, 15) is 8.78 Å². The first-order valence-electron chi connectivity index (χ1n) is 6.97. The van der Waals surface area contributed by atoms with Crippen LogP contribution in [0.25, 0.3) is 0 Å². The summed E-state index contributed by atoms with van der Waals surface area (Å²) in [6.45, 7) is 4.90. The first-order valence-corrected chi connectivity index (χ1v) is 7.96. The van der Waals surface area contributed by atoms with Crippen LogP contribution in [0.4, 0.5) is 8.78 Å². The molecule has 2 rings (SSSR count). The van der Waals surface area contributed by atoms with E-state index in [2.05, 4.69) is 24.2 Å². The highest BCUT2D eigenvalue weighted by atomic mass is 32.2. The minimum absolute atomic E-state index is 0.161. The van der Waals surface area contributed by atoms with Gasteiger partial charge in [-0.1, -0.05) is 25.6 Å². The standard InChI is InChI=1S/C15H20F2N2S/c1-3-15(4-2)10-20-14(19-15)18-6-5-11-7-12(16)9-13(17)8-11/h7-9H,3-6,10H2,1-2H3,(H,18,19). The summed E-state index contributed by atoms with van der Waals surface area (Å²) in [6, 6.07) is 3.61. The summed E-state index contributed by atoms with van der Waals surface area (Å²) in [4.78, 5) is 4.49. The Hall–Kier alpha value is -1.10. The Bertz CT molecular complexity index is 478. The molecule has 0 aliphatic carbocycles. The molecule has 1 aliphatic heterocycles. The quantitative estimate of drug-likeness (QED) is 0.895. The van der Waals surface area contributed by atoms with Crippen molar-refractivity contribution >= 4 is 16.9 Å². The number of rotatable bonds is 5. The molecule has 2 nitrogen and oxygen atoms in total. The molecule has 1 aromatic carbocycles. The molecule has 0 amide bonds. The minimum atomic E-state index is -0.531. The van der Waals surface area contributed by atoms with E-state index >= 15 is 0 Å². The van der Waals surface area contributed by atoms with Crippen LogP contribution in [0.5, 0.6) is 0 Å². The molecular weight excluding hydrogens is 278 g/mol. The second-order valence-corrected chi connectivity index (χ2v) is 6.08. The van der Waals surface area contributed by atoms with E-state index in [1.54, 1.807) is 11.8 Å². The number of benzene rings is 1. The second-order valence-electron chi connectivity index (χ2n) is 5.12. The maximum Gasteiger partial charge on any atom is 0.157 e. The summed E-state index contributed by atoms with van der Waals surface area (Å²) in [6.07, 6.45) is 2.70. The van der Waals surface area contributed by atoms with Gasteiger partial charge in [0.2, 0.25) is 0 Å². The van der Waals surface area contributed by atoms with Crippen molar-refractivity contribution in [3.63, 3.8) is 0 Å². The van der Waals surface area contributed by atoms with Gasteiger partial charge in [0.25, 0.3) is 0 Å². The van der Waals surface area contributed by atoms with Crippen LogP contribution in [0.1, 0.15) is 32.3 Å². The maximum absolute atomic E-state index is 13.1. The topological polar surface area (TPSA) is 24.4 Å². The van der Waals surface area contributed by atoms with Crippen LogP contribution < -0.4 is 5.32 Å². The molecule has 0 unspecified atom stereocenters. The third kappa shape index (κ3) is 3.72. The third-order valence-corrected chi connectivity index (χ3v) is 4.99. The van der Waals surface area contributed by atoms with E-state index in [-0.39, 0.29) is 5.54 Å². The number of hydrogen-bond acceptors (Lipinski definition) is 2. The molecule has 5 heteroatoms. The Labute approximate surface area is 123 Å². The molecule has 0 aromatic heterocycles. The van der Waals surface area contributed by atoms with Gasteiger partial charge in [-0.2, -0.15) is 0 Å². The van der Waals surface area contributed by atoms with E-state index in [4.69, 9.17) is 0 Å². The molecule has 0 bridgehead atoms. The second kappa shape index (κ2) is 6.57. The zero-order valence-electron chi connectivity index (χ0n) is 11.9. The number of aliphatic imine (C=N–C) groups is 1. The highest BCUT2D eigenvalue weighted by Gasteiger charge is 2.33. The number of halogens is 2. The van der Waals surface area contributed by atoms with Gasteiger partial charge < -0.3 is 5.32 Å². The summed E-state index contributed by atoms with van der Waals surface area (Å²) < 4.78 is 26.1. The van der Waals surface area contributed by atoms with Crippen LogP contribution in [0.15, 0.2) is 23.2 Å². The monoisotopic (exact) mass is 298 g/mol. The van der Waals surface area contributed by atoms with Gasteiger partial charge in [-0.15, -0.1) is 0 Å². The molecule has 1 N–H and O–H groups in total. The van der Waals surface area contributed by atoms with E-state index < -0.39 is 11.6 Å². The van der Waals surface area contributed by atoms with E-state index in [1.165, 1.54) is 12.1 Å². The SMILES string of the molecule is CCC1(CC)CSC(=NCCc2cc(F)cc(F)c2)N1. The molecular formula is C15H20F2N2S. The van der Waals surface area contributed by atoms with Crippen LogP contribution in [-0.4, -0.2) is 23.0 Å². The van der Waals surface area contributed by atoms with Crippen LogP contribution in [-0.2, 0) is 6.42 Å². The summed E-state index contributed by atoms with van der Waals surface area (Å²) >= 11 is 1.73. The van der Waals surface area contributed by atoms with E-state index in [0.29, 0.717) is 18.5 Å². The van der Waals surface area contributed by atoms with Crippen molar-refractivity contribution in [3.8, 4) is 0 Å². The van der Waals surface area contributed by atoms with Crippen molar-refractivity contribution < 1.29 is 8.78 Å². The zero-order chi connectivity index (χ0) is 14.6. The Morgan fingerprint density at radius 3 is 2.40 bits per heavy atom. The average molecular weight is 298 g/mol. The molecule has 1 aliphatic rings. The lowest BCUT2D eigenvalue weighted by atomic mass is 9.96. The zero-order valence-corrected chi connectivity index (χ0v) is 12.7. The molecule has 0 saturated carbocycles. The lowest BCUT2D eigenvalue weighted by Crippen LogP contribution is -2.42. The summed E-state index contributed by atoms with van der Waals surface area (Å²) in [5.74, 6) is -0.0260. The number of hydrogen-bond donors (Lipinski definition) is 1. The summed E-state index contributed by atoms with van der Waals surface area (Å²) in [5.41, 5.74) is 0.807.